The fraction of sp³-hybridized carbons (Fsp3) is 0.312. The van der Waals surface area contributed by atoms with Crippen molar-refractivity contribution in [1.82, 2.24) is 10.2 Å². The first kappa shape index (κ1) is 16.8. The van der Waals surface area contributed by atoms with E-state index in [1.807, 2.05) is 6.92 Å². The molecule has 126 valence electrons. The molecule has 1 amide bonds. The third-order valence-corrected chi connectivity index (χ3v) is 4.49. The van der Waals surface area contributed by atoms with Crippen LogP contribution in [0.4, 0.5) is 5.69 Å². The molecule has 1 aliphatic carbocycles. The molecule has 0 aliphatic heterocycles. The largest absolute Gasteiger partial charge is 0.451 e. The number of hydrogen-bond acceptors (Lipinski definition) is 4. The maximum absolute atomic E-state index is 12.0. The van der Waals surface area contributed by atoms with Crippen LogP contribution in [0.25, 0.3) is 0 Å². The number of esters is 1. The first-order valence-electron chi connectivity index (χ1n) is 7.42. The Kier molecular flexibility index (Phi) is 4.78. The highest BCUT2D eigenvalue weighted by molar-refractivity contribution is 6.34. The summed E-state index contributed by atoms with van der Waals surface area (Å²) in [5.41, 5.74) is 2.19. The molecule has 1 saturated carbocycles. The third kappa shape index (κ3) is 3.71. The molecule has 6 nitrogen and oxygen atoms in total. The average Bonchev–Trinajstić information content (AvgIpc) is 3.31. The normalized spacial score (nSPS) is 13.6. The second-order valence-corrected chi connectivity index (χ2v) is 6.45. The van der Waals surface area contributed by atoms with Crippen LogP contribution in [0.5, 0.6) is 0 Å². The number of rotatable bonds is 5. The second kappa shape index (κ2) is 6.83. The van der Waals surface area contributed by atoms with Crippen LogP contribution in [-0.2, 0) is 9.53 Å². The summed E-state index contributed by atoms with van der Waals surface area (Å²) in [5, 5.41) is 10.1. The Balaban J connectivity index is 1.55. The van der Waals surface area contributed by atoms with Gasteiger partial charge < -0.3 is 10.1 Å². The van der Waals surface area contributed by atoms with E-state index in [4.69, 9.17) is 27.9 Å². The molecule has 2 N–H and O–H groups in total. The molecule has 8 heteroatoms. The van der Waals surface area contributed by atoms with Crippen LogP contribution >= 0.6 is 23.2 Å². The minimum absolute atomic E-state index is 0.00440. The van der Waals surface area contributed by atoms with E-state index in [9.17, 15) is 9.59 Å². The minimum atomic E-state index is -0.736. The zero-order valence-electron chi connectivity index (χ0n) is 12.9. The Bertz CT molecular complexity index is 800. The summed E-state index contributed by atoms with van der Waals surface area (Å²) in [7, 11) is 0. The zero-order valence-corrected chi connectivity index (χ0v) is 14.4. The minimum Gasteiger partial charge on any atom is -0.451 e. The van der Waals surface area contributed by atoms with Crippen LogP contribution in [0.15, 0.2) is 18.2 Å². The number of amides is 1. The van der Waals surface area contributed by atoms with E-state index in [0.29, 0.717) is 16.6 Å². The van der Waals surface area contributed by atoms with Crippen molar-refractivity contribution in [2.45, 2.75) is 25.7 Å². The number of benzene rings is 1. The Morgan fingerprint density at radius 1 is 1.38 bits per heavy atom. The van der Waals surface area contributed by atoms with Crippen LogP contribution in [0.2, 0.25) is 10.0 Å². The van der Waals surface area contributed by atoms with Crippen LogP contribution in [0, 0.1) is 6.92 Å². The summed E-state index contributed by atoms with van der Waals surface area (Å²) in [5.74, 6) is -0.876. The average molecular weight is 368 g/mol. The second-order valence-electron chi connectivity index (χ2n) is 5.66. The van der Waals surface area contributed by atoms with Gasteiger partial charge in [0.1, 0.15) is 0 Å². The molecule has 1 aromatic heterocycles. The molecule has 0 bridgehead atoms. The summed E-state index contributed by atoms with van der Waals surface area (Å²) < 4.78 is 4.96. The SMILES string of the molecule is Cc1ccc(NC(=O)COC(=O)c2n[nH]c(C3CC3)c2Cl)cc1Cl. The number of carbonyl (C=O) groups excluding carboxylic acids is 2. The molecule has 0 saturated heterocycles. The molecule has 2 aromatic rings. The summed E-state index contributed by atoms with van der Waals surface area (Å²) in [4.78, 5) is 23.8. The topological polar surface area (TPSA) is 84.1 Å². The molecular weight excluding hydrogens is 353 g/mol. The van der Waals surface area contributed by atoms with Crippen molar-refractivity contribution in [1.29, 1.82) is 0 Å². The molecule has 0 atom stereocenters. The molecule has 0 unspecified atom stereocenters. The molecule has 0 radical (unpaired) electrons. The number of nitrogens with zero attached hydrogens (tertiary/aromatic N) is 1. The number of H-pyrrole nitrogens is 1. The van der Waals surface area contributed by atoms with E-state index in [1.165, 1.54) is 0 Å². The third-order valence-electron chi connectivity index (χ3n) is 3.70. The summed E-state index contributed by atoms with van der Waals surface area (Å²) in [6.07, 6.45) is 2.05. The van der Waals surface area contributed by atoms with Gasteiger partial charge in [-0.15, -0.1) is 0 Å². The molecule has 24 heavy (non-hydrogen) atoms. The molecule has 1 fully saturated rings. The van der Waals surface area contributed by atoms with Gasteiger partial charge in [-0.1, -0.05) is 29.3 Å². The lowest BCUT2D eigenvalue weighted by Crippen LogP contribution is -2.21. The molecule has 1 aliphatic rings. The highest BCUT2D eigenvalue weighted by Crippen LogP contribution is 2.42. The van der Waals surface area contributed by atoms with Gasteiger partial charge in [0.2, 0.25) is 0 Å². The number of anilines is 1. The van der Waals surface area contributed by atoms with Crippen molar-refractivity contribution < 1.29 is 14.3 Å². The number of aromatic nitrogens is 2. The van der Waals surface area contributed by atoms with Gasteiger partial charge in [-0.3, -0.25) is 9.89 Å². The molecular formula is C16H15Cl2N3O3. The van der Waals surface area contributed by atoms with E-state index in [0.717, 1.165) is 24.1 Å². The van der Waals surface area contributed by atoms with Gasteiger partial charge in [0.05, 0.1) is 10.7 Å². The smallest absolute Gasteiger partial charge is 0.360 e. The first-order chi connectivity index (χ1) is 11.5. The fourth-order valence-electron chi connectivity index (χ4n) is 2.19. The summed E-state index contributed by atoms with van der Waals surface area (Å²) in [6.45, 7) is 1.42. The summed E-state index contributed by atoms with van der Waals surface area (Å²) in [6, 6.07) is 5.13. The van der Waals surface area contributed by atoms with Crippen LogP contribution in [0.3, 0.4) is 0 Å². The molecule has 3 rings (SSSR count). The van der Waals surface area contributed by atoms with Gasteiger partial charge in [0.15, 0.2) is 12.3 Å². The van der Waals surface area contributed by atoms with E-state index in [-0.39, 0.29) is 10.7 Å². The quantitative estimate of drug-likeness (QED) is 0.789. The van der Waals surface area contributed by atoms with Crippen molar-refractivity contribution >= 4 is 40.8 Å². The number of nitrogens with one attached hydrogen (secondary N) is 2. The lowest BCUT2D eigenvalue weighted by atomic mass is 10.2. The maximum Gasteiger partial charge on any atom is 0.360 e. The maximum atomic E-state index is 12.0. The highest BCUT2D eigenvalue weighted by atomic mass is 35.5. The number of hydrogen-bond donors (Lipinski definition) is 2. The number of aromatic amines is 1. The standard InChI is InChI=1S/C16H15Cl2N3O3/c1-8-2-5-10(6-11(8)17)19-12(22)7-24-16(23)15-13(18)14(20-21-15)9-3-4-9/h2,5-6,9H,3-4,7H2,1H3,(H,19,22)(H,20,21). The predicted octanol–water partition coefficient (Wildman–Crippen LogP) is 3.70. The Morgan fingerprint density at radius 2 is 2.12 bits per heavy atom. The van der Waals surface area contributed by atoms with E-state index in [2.05, 4.69) is 15.5 Å². The van der Waals surface area contributed by atoms with E-state index in [1.54, 1.807) is 18.2 Å². The van der Waals surface area contributed by atoms with Gasteiger partial charge in [0.25, 0.3) is 5.91 Å². The van der Waals surface area contributed by atoms with Crippen molar-refractivity contribution in [3.8, 4) is 0 Å². The summed E-state index contributed by atoms with van der Waals surface area (Å²) >= 11 is 12.1. The Labute approximate surface area is 148 Å². The van der Waals surface area contributed by atoms with Gasteiger partial charge in [-0.2, -0.15) is 5.10 Å². The van der Waals surface area contributed by atoms with E-state index >= 15 is 0 Å². The van der Waals surface area contributed by atoms with Gasteiger partial charge in [0, 0.05) is 16.6 Å². The fourth-order valence-corrected chi connectivity index (χ4v) is 2.68. The van der Waals surface area contributed by atoms with Crippen LogP contribution in [0.1, 0.15) is 40.5 Å². The lowest BCUT2D eigenvalue weighted by Gasteiger charge is -2.07. The number of halogens is 2. The number of carbonyl (C=O) groups is 2. The highest BCUT2D eigenvalue weighted by Gasteiger charge is 2.31. The van der Waals surface area contributed by atoms with E-state index < -0.39 is 18.5 Å². The van der Waals surface area contributed by atoms with Crippen molar-refractivity contribution in [2.75, 3.05) is 11.9 Å². The number of ether oxygens (including phenoxy) is 1. The Hall–Kier alpha value is -2.05. The van der Waals surface area contributed by atoms with Crippen LogP contribution in [-0.4, -0.2) is 28.7 Å². The van der Waals surface area contributed by atoms with Crippen molar-refractivity contribution in [3.05, 3.63) is 45.2 Å². The molecule has 0 spiro atoms. The first-order valence-corrected chi connectivity index (χ1v) is 8.18. The molecule has 1 aromatic carbocycles. The van der Waals surface area contributed by atoms with Crippen molar-refractivity contribution in [3.63, 3.8) is 0 Å². The van der Waals surface area contributed by atoms with Gasteiger partial charge in [-0.05, 0) is 37.5 Å². The number of aryl methyl sites for hydroxylation is 1. The van der Waals surface area contributed by atoms with Gasteiger partial charge in [-0.25, -0.2) is 4.79 Å². The van der Waals surface area contributed by atoms with Crippen molar-refractivity contribution in [2.24, 2.45) is 0 Å². The van der Waals surface area contributed by atoms with Gasteiger partial charge >= 0.3 is 5.97 Å². The monoisotopic (exact) mass is 367 g/mol. The molecule has 1 heterocycles. The zero-order chi connectivity index (χ0) is 17.3. The van der Waals surface area contributed by atoms with Crippen LogP contribution < -0.4 is 5.32 Å². The Morgan fingerprint density at radius 3 is 2.79 bits per heavy atom. The lowest BCUT2D eigenvalue weighted by molar-refractivity contribution is -0.119. The predicted molar refractivity (Wildman–Crippen MR) is 90.7 cm³/mol.